The molecule has 106 valence electrons. The Labute approximate surface area is 113 Å². The zero-order chi connectivity index (χ0) is 13.8. The Morgan fingerprint density at radius 1 is 1.58 bits per heavy atom. The first-order chi connectivity index (χ1) is 9.10. The average Bonchev–Trinajstić information content (AvgIpc) is 2.97. The third kappa shape index (κ3) is 3.63. The maximum Gasteiger partial charge on any atom is 0.387 e. The fraction of sp³-hybridized carbons (Fsp3) is 0.583. The van der Waals surface area contributed by atoms with Crippen LogP contribution in [0.1, 0.15) is 28.9 Å². The first kappa shape index (κ1) is 14.2. The normalized spacial score (nSPS) is 22.7. The molecular weight excluding hydrogens is 276 g/mol. The van der Waals surface area contributed by atoms with Crippen molar-refractivity contribution in [2.75, 3.05) is 6.61 Å². The van der Waals surface area contributed by atoms with Crippen molar-refractivity contribution < 1.29 is 23.4 Å². The predicted octanol–water partition coefficient (Wildman–Crippen LogP) is 2.24. The molecule has 1 heterocycles. The van der Waals surface area contributed by atoms with Crippen LogP contribution in [-0.2, 0) is 0 Å². The summed E-state index contributed by atoms with van der Waals surface area (Å²) in [5, 5.41) is 13.4. The molecule has 1 aromatic heterocycles. The summed E-state index contributed by atoms with van der Waals surface area (Å²) in [6.45, 7) is -2.82. The third-order valence-corrected chi connectivity index (χ3v) is 4.08. The van der Waals surface area contributed by atoms with Gasteiger partial charge in [0.25, 0.3) is 5.91 Å². The Morgan fingerprint density at radius 3 is 3.00 bits per heavy atom. The Morgan fingerprint density at radius 2 is 2.37 bits per heavy atom. The van der Waals surface area contributed by atoms with Crippen LogP contribution in [0.4, 0.5) is 8.78 Å². The third-order valence-electron chi connectivity index (χ3n) is 3.19. The highest BCUT2D eigenvalue weighted by Gasteiger charge is 2.27. The second-order valence-electron chi connectivity index (χ2n) is 4.52. The number of halogens is 2. The Kier molecular flexibility index (Phi) is 4.71. The van der Waals surface area contributed by atoms with E-state index >= 15 is 0 Å². The summed E-state index contributed by atoms with van der Waals surface area (Å²) < 4.78 is 28.6. The molecule has 7 heteroatoms. The summed E-state index contributed by atoms with van der Waals surface area (Å²) >= 11 is 1.07. The highest BCUT2D eigenvalue weighted by atomic mass is 32.1. The van der Waals surface area contributed by atoms with Crippen LogP contribution in [-0.4, -0.2) is 30.3 Å². The monoisotopic (exact) mass is 291 g/mol. The highest BCUT2D eigenvalue weighted by molar-refractivity contribution is 7.12. The number of rotatable bonds is 5. The van der Waals surface area contributed by atoms with E-state index in [1.165, 1.54) is 11.4 Å². The molecule has 1 aliphatic carbocycles. The average molecular weight is 291 g/mol. The summed E-state index contributed by atoms with van der Waals surface area (Å²) in [6, 6.07) is 1.35. The van der Waals surface area contributed by atoms with Gasteiger partial charge in [-0.3, -0.25) is 4.79 Å². The molecule has 0 bridgehead atoms. The van der Waals surface area contributed by atoms with E-state index in [4.69, 9.17) is 5.11 Å². The van der Waals surface area contributed by atoms with Gasteiger partial charge in [-0.2, -0.15) is 8.78 Å². The largest absolute Gasteiger partial charge is 0.433 e. The molecule has 1 saturated carbocycles. The Bertz CT molecular complexity index is 438. The van der Waals surface area contributed by atoms with Crippen molar-refractivity contribution >= 4 is 17.2 Å². The lowest BCUT2D eigenvalue weighted by molar-refractivity contribution is -0.0498. The van der Waals surface area contributed by atoms with Crippen LogP contribution in [0.25, 0.3) is 0 Å². The fourth-order valence-electron chi connectivity index (χ4n) is 2.27. The number of ether oxygens (including phenoxy) is 1. The van der Waals surface area contributed by atoms with E-state index in [9.17, 15) is 13.6 Å². The van der Waals surface area contributed by atoms with Gasteiger partial charge >= 0.3 is 6.61 Å². The molecule has 1 fully saturated rings. The molecule has 0 spiro atoms. The maximum absolute atomic E-state index is 12.2. The van der Waals surface area contributed by atoms with Crippen molar-refractivity contribution in [1.82, 2.24) is 5.32 Å². The van der Waals surface area contributed by atoms with Crippen molar-refractivity contribution in [3.63, 3.8) is 0 Å². The van der Waals surface area contributed by atoms with Crippen LogP contribution in [0, 0.1) is 5.92 Å². The van der Waals surface area contributed by atoms with Gasteiger partial charge in [0.05, 0.1) is 0 Å². The summed E-state index contributed by atoms with van der Waals surface area (Å²) in [7, 11) is 0. The van der Waals surface area contributed by atoms with Gasteiger partial charge in [-0.25, -0.2) is 0 Å². The zero-order valence-corrected chi connectivity index (χ0v) is 11.0. The van der Waals surface area contributed by atoms with Crippen molar-refractivity contribution in [1.29, 1.82) is 0 Å². The van der Waals surface area contributed by atoms with Gasteiger partial charge in [0, 0.05) is 12.6 Å². The van der Waals surface area contributed by atoms with Crippen molar-refractivity contribution in [2.24, 2.45) is 5.92 Å². The van der Waals surface area contributed by atoms with Crippen LogP contribution in [0.2, 0.25) is 0 Å². The summed E-state index contributed by atoms with van der Waals surface area (Å²) in [5.41, 5.74) is 0. The van der Waals surface area contributed by atoms with Gasteiger partial charge < -0.3 is 15.2 Å². The molecule has 2 rings (SSSR count). The van der Waals surface area contributed by atoms with Crippen LogP contribution in [0.15, 0.2) is 11.4 Å². The van der Waals surface area contributed by atoms with Gasteiger partial charge in [0.1, 0.15) is 10.6 Å². The number of thiophene rings is 1. The molecule has 0 saturated heterocycles. The molecule has 0 unspecified atom stereocenters. The molecular formula is C12H15F2NO3S. The minimum Gasteiger partial charge on any atom is -0.433 e. The van der Waals surface area contributed by atoms with E-state index in [-0.39, 0.29) is 29.2 Å². The molecule has 1 amide bonds. The smallest absolute Gasteiger partial charge is 0.387 e. The summed E-state index contributed by atoms with van der Waals surface area (Å²) in [6.07, 6.45) is 2.39. The lowest BCUT2D eigenvalue weighted by atomic mass is 10.1. The molecule has 2 N–H and O–H groups in total. The molecule has 4 nitrogen and oxygen atoms in total. The van der Waals surface area contributed by atoms with Gasteiger partial charge in [-0.1, -0.05) is 0 Å². The van der Waals surface area contributed by atoms with Crippen molar-refractivity contribution in [3.8, 4) is 5.75 Å². The number of hydrogen-bond donors (Lipinski definition) is 2. The molecule has 0 aromatic carbocycles. The molecule has 2 atom stereocenters. The number of carbonyl (C=O) groups is 1. The van der Waals surface area contributed by atoms with Gasteiger partial charge in [-0.05, 0) is 36.6 Å². The number of nitrogens with one attached hydrogen (secondary N) is 1. The van der Waals surface area contributed by atoms with Crippen LogP contribution in [0.5, 0.6) is 5.75 Å². The van der Waals surface area contributed by atoms with Crippen molar-refractivity contribution in [2.45, 2.75) is 31.9 Å². The molecule has 1 aromatic rings. The Hall–Kier alpha value is -1.21. The van der Waals surface area contributed by atoms with Crippen LogP contribution in [0.3, 0.4) is 0 Å². The maximum atomic E-state index is 12.2. The standard InChI is InChI=1S/C12H15F2NO3S/c13-12(14)18-9-3-4-19-10(9)11(17)15-8-2-1-7(5-8)6-16/h3-4,7-8,12,16H,1-2,5-6H2,(H,15,17)/t7-,8+/m1/s1. The van der Waals surface area contributed by atoms with E-state index in [1.54, 1.807) is 0 Å². The van der Waals surface area contributed by atoms with E-state index in [0.717, 1.165) is 30.6 Å². The summed E-state index contributed by atoms with van der Waals surface area (Å²) in [5.74, 6) is -0.270. The van der Waals surface area contributed by atoms with E-state index in [1.807, 2.05) is 0 Å². The second kappa shape index (κ2) is 6.29. The number of hydrogen-bond acceptors (Lipinski definition) is 4. The summed E-state index contributed by atoms with van der Waals surface area (Å²) in [4.78, 5) is 12.1. The van der Waals surface area contributed by atoms with E-state index in [2.05, 4.69) is 10.1 Å². The molecule has 0 aliphatic heterocycles. The Balaban J connectivity index is 1.95. The molecule has 1 aliphatic rings. The van der Waals surface area contributed by atoms with E-state index in [0.29, 0.717) is 0 Å². The highest BCUT2D eigenvalue weighted by Crippen LogP contribution is 2.29. The topological polar surface area (TPSA) is 58.6 Å². The lowest BCUT2D eigenvalue weighted by Gasteiger charge is -2.13. The predicted molar refractivity (Wildman–Crippen MR) is 66.6 cm³/mol. The number of amides is 1. The minimum absolute atomic E-state index is 0.00819. The fourth-order valence-corrected chi connectivity index (χ4v) is 3.00. The quantitative estimate of drug-likeness (QED) is 0.874. The SMILES string of the molecule is O=C(N[C@H]1CC[C@@H](CO)C1)c1sccc1OC(F)F. The van der Waals surface area contributed by atoms with Crippen LogP contribution >= 0.6 is 11.3 Å². The molecule has 0 radical (unpaired) electrons. The first-order valence-electron chi connectivity index (χ1n) is 6.04. The van der Waals surface area contributed by atoms with Crippen LogP contribution < -0.4 is 10.1 Å². The van der Waals surface area contributed by atoms with Crippen molar-refractivity contribution in [3.05, 3.63) is 16.3 Å². The van der Waals surface area contributed by atoms with Gasteiger partial charge in [0.15, 0.2) is 0 Å². The lowest BCUT2D eigenvalue weighted by Crippen LogP contribution is -2.32. The van der Waals surface area contributed by atoms with Gasteiger partial charge in [0.2, 0.25) is 0 Å². The number of carbonyl (C=O) groups excluding carboxylic acids is 1. The molecule has 19 heavy (non-hydrogen) atoms. The number of aliphatic hydroxyl groups excluding tert-OH is 1. The number of alkyl halides is 2. The number of aliphatic hydroxyl groups is 1. The first-order valence-corrected chi connectivity index (χ1v) is 6.92. The second-order valence-corrected chi connectivity index (χ2v) is 5.44. The minimum atomic E-state index is -2.94. The zero-order valence-electron chi connectivity index (χ0n) is 10.1. The van der Waals surface area contributed by atoms with Gasteiger partial charge in [-0.15, -0.1) is 11.3 Å². The van der Waals surface area contributed by atoms with E-state index < -0.39 is 12.5 Å².